The van der Waals surface area contributed by atoms with Crippen LogP contribution in [0.4, 0.5) is 0 Å². The van der Waals surface area contributed by atoms with Crippen LogP contribution in [0.3, 0.4) is 0 Å². The molecule has 0 aromatic rings. The first-order chi connectivity index (χ1) is 9.81. The van der Waals surface area contributed by atoms with Crippen molar-refractivity contribution in [2.45, 2.75) is 70.0 Å². The quantitative estimate of drug-likeness (QED) is 0.726. The van der Waals surface area contributed by atoms with Crippen LogP contribution in [-0.2, 0) is 28.4 Å². The first-order valence-corrected chi connectivity index (χ1v) is 7.19. The highest BCUT2D eigenvalue weighted by Crippen LogP contribution is 2.41. The summed E-state index contributed by atoms with van der Waals surface area (Å²) in [5.41, 5.74) is 0. The number of ether oxygens (including phenoxy) is 6. The van der Waals surface area contributed by atoms with E-state index in [0.717, 1.165) is 0 Å². The van der Waals surface area contributed by atoms with Gasteiger partial charge >= 0.3 is 0 Å². The minimum atomic E-state index is -0.690. The molecule has 6 heteroatoms. The van der Waals surface area contributed by atoms with Crippen LogP contribution in [0.5, 0.6) is 0 Å². The van der Waals surface area contributed by atoms with Gasteiger partial charge in [0.1, 0.15) is 31.0 Å². The van der Waals surface area contributed by atoms with E-state index in [-0.39, 0.29) is 31.0 Å². The molecule has 3 heterocycles. The molecule has 0 radical (unpaired) electrons. The highest BCUT2D eigenvalue weighted by Gasteiger charge is 2.58. The molecule has 0 bridgehead atoms. The summed E-state index contributed by atoms with van der Waals surface area (Å²) in [5, 5.41) is 0. The Hall–Kier alpha value is -0.680. The standard InChI is InChI=1S/C15H22O6/c1-6-7-16-11-10(9-8-17-14(2,3)19-9)18-13-12(11)20-15(4,5)21-13/h1,9-13H,7-8H2,2-5H3/t9-,10-,11+,12-,13?/m1/s1. The normalized spacial score (nSPS) is 43.7. The van der Waals surface area contributed by atoms with Crippen molar-refractivity contribution in [2.24, 2.45) is 0 Å². The predicted octanol–water partition coefficient (Wildman–Crippen LogP) is 1.03. The van der Waals surface area contributed by atoms with Crippen LogP contribution in [0.1, 0.15) is 27.7 Å². The van der Waals surface area contributed by atoms with Crippen molar-refractivity contribution in [1.82, 2.24) is 0 Å². The SMILES string of the molecule is C#CCO[C@H]1[C@@H]([C@H]2COC(C)(C)O2)OC2OC(C)(C)O[C@@H]21. The van der Waals surface area contributed by atoms with E-state index in [9.17, 15) is 0 Å². The van der Waals surface area contributed by atoms with Crippen LogP contribution < -0.4 is 0 Å². The summed E-state index contributed by atoms with van der Waals surface area (Å²) in [6.07, 6.45) is 3.61. The molecule has 3 fully saturated rings. The molecule has 0 spiro atoms. The second kappa shape index (κ2) is 5.20. The van der Waals surface area contributed by atoms with Crippen molar-refractivity contribution in [2.75, 3.05) is 13.2 Å². The van der Waals surface area contributed by atoms with Gasteiger partial charge in [0.05, 0.1) is 6.61 Å². The van der Waals surface area contributed by atoms with Crippen LogP contribution in [-0.4, -0.2) is 55.5 Å². The molecular weight excluding hydrogens is 276 g/mol. The molecule has 0 saturated carbocycles. The molecule has 0 amide bonds. The summed E-state index contributed by atoms with van der Waals surface area (Å²) in [6.45, 7) is 8.07. The van der Waals surface area contributed by atoms with Gasteiger partial charge in [0.2, 0.25) is 0 Å². The molecule has 5 atom stereocenters. The van der Waals surface area contributed by atoms with Crippen molar-refractivity contribution >= 4 is 0 Å². The van der Waals surface area contributed by atoms with Crippen LogP contribution in [0.2, 0.25) is 0 Å². The van der Waals surface area contributed by atoms with E-state index in [2.05, 4.69) is 5.92 Å². The van der Waals surface area contributed by atoms with Gasteiger partial charge in [-0.15, -0.1) is 6.42 Å². The summed E-state index contributed by atoms with van der Waals surface area (Å²) in [5.74, 6) is 1.16. The zero-order valence-electron chi connectivity index (χ0n) is 12.8. The Bertz CT molecular complexity index is 440. The average Bonchev–Trinajstić information content (AvgIpc) is 2.96. The number of rotatable bonds is 3. The first kappa shape index (κ1) is 15.2. The maximum atomic E-state index is 5.96. The fourth-order valence-electron chi connectivity index (χ4n) is 3.01. The summed E-state index contributed by atoms with van der Waals surface area (Å²) >= 11 is 0. The lowest BCUT2D eigenvalue weighted by Gasteiger charge is -2.28. The Kier molecular flexibility index (Phi) is 3.77. The van der Waals surface area contributed by atoms with Crippen molar-refractivity contribution in [3.8, 4) is 12.3 Å². The molecule has 1 unspecified atom stereocenters. The summed E-state index contributed by atoms with van der Waals surface area (Å²) in [4.78, 5) is 0. The Morgan fingerprint density at radius 2 is 1.86 bits per heavy atom. The Morgan fingerprint density at radius 1 is 1.10 bits per heavy atom. The zero-order chi connectivity index (χ0) is 15.3. The molecule has 3 aliphatic heterocycles. The van der Waals surface area contributed by atoms with Gasteiger partial charge in [0, 0.05) is 0 Å². The van der Waals surface area contributed by atoms with E-state index in [0.29, 0.717) is 6.61 Å². The summed E-state index contributed by atoms with van der Waals surface area (Å²) < 4.78 is 34.8. The van der Waals surface area contributed by atoms with Gasteiger partial charge in [-0.3, -0.25) is 0 Å². The van der Waals surface area contributed by atoms with Crippen molar-refractivity contribution in [3.63, 3.8) is 0 Å². The zero-order valence-corrected chi connectivity index (χ0v) is 12.8. The topological polar surface area (TPSA) is 55.4 Å². The second-order valence-electron chi connectivity index (χ2n) is 6.42. The van der Waals surface area contributed by atoms with Crippen molar-refractivity contribution in [3.05, 3.63) is 0 Å². The van der Waals surface area contributed by atoms with E-state index >= 15 is 0 Å². The van der Waals surface area contributed by atoms with Gasteiger partial charge in [-0.1, -0.05) is 5.92 Å². The monoisotopic (exact) mass is 298 g/mol. The van der Waals surface area contributed by atoms with Gasteiger partial charge in [-0.2, -0.15) is 0 Å². The molecule has 0 aromatic heterocycles. The Morgan fingerprint density at radius 3 is 2.48 bits per heavy atom. The summed E-state index contributed by atoms with van der Waals surface area (Å²) in [6, 6.07) is 0. The van der Waals surface area contributed by atoms with Gasteiger partial charge in [-0.05, 0) is 27.7 Å². The van der Waals surface area contributed by atoms with E-state index < -0.39 is 17.9 Å². The predicted molar refractivity (Wildman–Crippen MR) is 72.2 cm³/mol. The molecule has 21 heavy (non-hydrogen) atoms. The Labute approximate surface area is 125 Å². The maximum absolute atomic E-state index is 5.96. The molecule has 3 saturated heterocycles. The largest absolute Gasteiger partial charge is 0.360 e. The van der Waals surface area contributed by atoms with E-state index in [1.165, 1.54) is 0 Å². The highest BCUT2D eigenvalue weighted by atomic mass is 16.8. The number of hydrogen-bond acceptors (Lipinski definition) is 6. The molecule has 0 N–H and O–H groups in total. The highest BCUT2D eigenvalue weighted by molar-refractivity contribution is 4.99. The van der Waals surface area contributed by atoms with Crippen molar-refractivity contribution in [1.29, 1.82) is 0 Å². The second-order valence-corrected chi connectivity index (χ2v) is 6.42. The smallest absolute Gasteiger partial charge is 0.190 e. The molecule has 0 aliphatic carbocycles. The third-order valence-corrected chi connectivity index (χ3v) is 3.78. The molecule has 6 nitrogen and oxygen atoms in total. The number of fused-ring (bicyclic) bond motifs is 1. The van der Waals surface area contributed by atoms with Gasteiger partial charge in [0.25, 0.3) is 0 Å². The van der Waals surface area contributed by atoms with Crippen LogP contribution >= 0.6 is 0 Å². The first-order valence-electron chi connectivity index (χ1n) is 7.19. The van der Waals surface area contributed by atoms with E-state index in [4.69, 9.17) is 34.8 Å². The van der Waals surface area contributed by atoms with Crippen LogP contribution in [0.25, 0.3) is 0 Å². The van der Waals surface area contributed by atoms with E-state index in [1.807, 2.05) is 27.7 Å². The van der Waals surface area contributed by atoms with Crippen LogP contribution in [0, 0.1) is 12.3 Å². The third kappa shape index (κ3) is 2.95. The lowest BCUT2D eigenvalue weighted by molar-refractivity contribution is -0.235. The average molecular weight is 298 g/mol. The minimum Gasteiger partial charge on any atom is -0.360 e. The Balaban J connectivity index is 1.74. The fourth-order valence-corrected chi connectivity index (χ4v) is 3.01. The van der Waals surface area contributed by atoms with Gasteiger partial charge < -0.3 is 28.4 Å². The lowest BCUT2D eigenvalue weighted by Crippen LogP contribution is -2.44. The van der Waals surface area contributed by atoms with Gasteiger partial charge in [0.15, 0.2) is 17.9 Å². The molecular formula is C15H22O6. The molecule has 3 aliphatic rings. The molecule has 118 valence electrons. The molecule has 0 aromatic carbocycles. The van der Waals surface area contributed by atoms with Crippen LogP contribution in [0.15, 0.2) is 0 Å². The fraction of sp³-hybridized carbons (Fsp3) is 0.867. The maximum Gasteiger partial charge on any atom is 0.190 e. The third-order valence-electron chi connectivity index (χ3n) is 3.78. The minimum absolute atomic E-state index is 0.189. The van der Waals surface area contributed by atoms with Crippen molar-refractivity contribution < 1.29 is 28.4 Å². The van der Waals surface area contributed by atoms with Gasteiger partial charge in [-0.25, -0.2) is 0 Å². The number of hydrogen-bond donors (Lipinski definition) is 0. The molecule has 3 rings (SSSR count). The lowest BCUT2D eigenvalue weighted by atomic mass is 10.1. The van der Waals surface area contributed by atoms with E-state index in [1.54, 1.807) is 0 Å². The number of terminal acetylenes is 1. The summed E-state index contributed by atoms with van der Waals surface area (Å²) in [7, 11) is 0.